The van der Waals surface area contributed by atoms with E-state index in [1.54, 1.807) is 19.9 Å². The Balaban J connectivity index is 2.28. The van der Waals surface area contributed by atoms with Crippen molar-refractivity contribution < 1.29 is 15.0 Å². The summed E-state index contributed by atoms with van der Waals surface area (Å²) in [5.74, 6) is -0.323. The molecule has 0 unspecified atom stereocenters. The number of Topliss-reactive ketones (excluding diaryl/α,β-unsaturated/α-hetero) is 1. The van der Waals surface area contributed by atoms with Gasteiger partial charge in [-0.15, -0.1) is 0 Å². The Kier molecular flexibility index (Phi) is 2.71. The third kappa shape index (κ3) is 1.50. The predicted octanol–water partition coefficient (Wildman–Crippen LogP) is 2.03. The summed E-state index contributed by atoms with van der Waals surface area (Å²) in [4.78, 5) is 15.6. The quantitative estimate of drug-likeness (QED) is 0.461. The largest absolute Gasteiger partial charge is 0.395 e. The summed E-state index contributed by atoms with van der Waals surface area (Å²) in [6.07, 6.45) is 3.18. The number of hydrogen-bond acceptors (Lipinski definition) is 4. The molecule has 3 atom stereocenters. The van der Waals surface area contributed by atoms with Gasteiger partial charge in [-0.25, -0.2) is 0 Å². The first-order valence-electron chi connectivity index (χ1n) is 7.12. The molecule has 6 heteroatoms. The lowest BCUT2D eigenvalue weighted by Gasteiger charge is -2.40. The maximum absolute atomic E-state index is 12.7. The van der Waals surface area contributed by atoms with E-state index >= 15 is 0 Å². The molecule has 1 spiro atoms. The molecule has 0 amide bonds. The van der Waals surface area contributed by atoms with Crippen molar-refractivity contribution in [2.24, 2.45) is 15.9 Å². The SMILES string of the molecule is CC1=C2C(=C[C@@](C)(CO)[C@@H]2N=[N+]=[N-])C(=O)[C@](C)(O)C12CC2. The zero-order valence-electron chi connectivity index (χ0n) is 12.4. The van der Waals surface area contributed by atoms with Gasteiger partial charge in [0.1, 0.15) is 5.60 Å². The van der Waals surface area contributed by atoms with E-state index in [-0.39, 0.29) is 12.4 Å². The fraction of sp³-hybridized carbons (Fsp3) is 0.667. The molecule has 1 saturated carbocycles. The van der Waals surface area contributed by atoms with Gasteiger partial charge in [-0.3, -0.25) is 4.79 Å². The highest BCUT2D eigenvalue weighted by molar-refractivity contribution is 6.09. The van der Waals surface area contributed by atoms with Gasteiger partial charge in [0.15, 0.2) is 5.78 Å². The van der Waals surface area contributed by atoms with Crippen molar-refractivity contribution in [3.05, 3.63) is 33.2 Å². The third-order valence-electron chi connectivity index (χ3n) is 5.66. The van der Waals surface area contributed by atoms with Gasteiger partial charge in [-0.1, -0.05) is 23.7 Å². The number of nitrogens with zero attached hydrogens (tertiary/aromatic N) is 3. The van der Waals surface area contributed by atoms with Crippen LogP contribution in [0.4, 0.5) is 0 Å². The van der Waals surface area contributed by atoms with Crippen LogP contribution in [0.15, 0.2) is 27.9 Å². The second kappa shape index (κ2) is 3.97. The zero-order chi connectivity index (χ0) is 15.6. The van der Waals surface area contributed by atoms with Crippen LogP contribution in [0.5, 0.6) is 0 Å². The van der Waals surface area contributed by atoms with Gasteiger partial charge < -0.3 is 10.2 Å². The van der Waals surface area contributed by atoms with Crippen molar-refractivity contribution in [3.8, 4) is 0 Å². The molecule has 0 heterocycles. The molecule has 2 N–H and O–H groups in total. The summed E-state index contributed by atoms with van der Waals surface area (Å²) in [5.41, 5.74) is 8.13. The summed E-state index contributed by atoms with van der Waals surface area (Å²) < 4.78 is 0. The molecule has 0 aromatic rings. The van der Waals surface area contributed by atoms with Crippen LogP contribution in [-0.2, 0) is 4.79 Å². The highest BCUT2D eigenvalue weighted by Crippen LogP contribution is 2.65. The van der Waals surface area contributed by atoms with E-state index in [1.807, 2.05) is 6.92 Å². The van der Waals surface area contributed by atoms with Crippen LogP contribution in [0.25, 0.3) is 10.4 Å². The summed E-state index contributed by atoms with van der Waals surface area (Å²) in [7, 11) is 0. The summed E-state index contributed by atoms with van der Waals surface area (Å²) in [6.45, 7) is 5.01. The number of aliphatic hydroxyl groups excluding tert-OH is 1. The molecule has 0 bridgehead atoms. The van der Waals surface area contributed by atoms with Crippen molar-refractivity contribution in [3.63, 3.8) is 0 Å². The summed E-state index contributed by atoms with van der Waals surface area (Å²) >= 11 is 0. The van der Waals surface area contributed by atoms with E-state index in [1.165, 1.54) is 0 Å². The lowest BCUT2D eigenvalue weighted by atomic mass is 9.67. The molecule has 112 valence electrons. The predicted molar refractivity (Wildman–Crippen MR) is 76.2 cm³/mol. The molecule has 1 fully saturated rings. The van der Waals surface area contributed by atoms with Crippen molar-refractivity contribution in [1.82, 2.24) is 0 Å². The van der Waals surface area contributed by atoms with Crippen molar-refractivity contribution >= 4 is 5.78 Å². The fourth-order valence-electron chi connectivity index (χ4n) is 4.02. The first-order valence-corrected chi connectivity index (χ1v) is 7.12. The van der Waals surface area contributed by atoms with Crippen molar-refractivity contribution in [1.29, 1.82) is 0 Å². The van der Waals surface area contributed by atoms with Gasteiger partial charge in [0.05, 0.1) is 12.6 Å². The molecule has 0 radical (unpaired) electrons. The topological polar surface area (TPSA) is 106 Å². The molecule has 3 aliphatic rings. The Hall–Kier alpha value is -1.62. The minimum Gasteiger partial charge on any atom is -0.395 e. The average molecular weight is 289 g/mol. The molecule has 0 aliphatic heterocycles. The molecule has 6 nitrogen and oxygen atoms in total. The van der Waals surface area contributed by atoms with Gasteiger partial charge in [0.2, 0.25) is 0 Å². The monoisotopic (exact) mass is 289 g/mol. The standard InChI is InChI=1S/C15H19N3O3/c1-8-10-9(6-13(2,7-19)11(10)17-18-16)12(20)14(3,21)15(8)4-5-15/h6,11,19,21H,4-5,7H2,1-3H3/t11-,13+,14+/m1/s1. The van der Waals surface area contributed by atoms with E-state index in [2.05, 4.69) is 10.0 Å². The Morgan fingerprint density at radius 2 is 2.10 bits per heavy atom. The molecular formula is C15H19N3O3. The lowest BCUT2D eigenvalue weighted by Crippen LogP contribution is -2.49. The molecular weight excluding hydrogens is 270 g/mol. The second-order valence-corrected chi connectivity index (χ2v) is 6.85. The van der Waals surface area contributed by atoms with E-state index < -0.39 is 22.5 Å². The van der Waals surface area contributed by atoms with E-state index in [0.717, 1.165) is 18.4 Å². The van der Waals surface area contributed by atoms with Crippen LogP contribution < -0.4 is 0 Å². The van der Waals surface area contributed by atoms with Gasteiger partial charge >= 0.3 is 0 Å². The third-order valence-corrected chi connectivity index (χ3v) is 5.66. The van der Waals surface area contributed by atoms with Crippen LogP contribution in [0.1, 0.15) is 33.6 Å². The number of fused-ring (bicyclic) bond motifs is 1. The highest BCUT2D eigenvalue weighted by atomic mass is 16.3. The van der Waals surface area contributed by atoms with Crippen LogP contribution in [0.3, 0.4) is 0 Å². The Bertz CT molecular complexity index is 651. The maximum Gasteiger partial charge on any atom is 0.194 e. The fourth-order valence-corrected chi connectivity index (χ4v) is 4.02. The maximum atomic E-state index is 12.7. The molecule has 3 aliphatic carbocycles. The molecule has 21 heavy (non-hydrogen) atoms. The second-order valence-electron chi connectivity index (χ2n) is 6.85. The van der Waals surface area contributed by atoms with Gasteiger partial charge in [-0.05, 0) is 37.8 Å². The molecule has 0 saturated heterocycles. The molecule has 0 aromatic heterocycles. The first kappa shape index (κ1) is 14.3. The Morgan fingerprint density at radius 1 is 1.48 bits per heavy atom. The van der Waals surface area contributed by atoms with E-state index in [4.69, 9.17) is 5.53 Å². The highest BCUT2D eigenvalue weighted by Gasteiger charge is 2.66. The number of aliphatic hydroxyl groups is 2. The minimum atomic E-state index is -1.42. The van der Waals surface area contributed by atoms with Crippen LogP contribution in [0.2, 0.25) is 0 Å². The number of carbonyl (C=O) groups is 1. The number of ketones is 1. The van der Waals surface area contributed by atoms with Gasteiger partial charge in [-0.2, -0.15) is 0 Å². The number of carbonyl (C=O) groups excluding carboxylic acids is 1. The van der Waals surface area contributed by atoms with Crippen LogP contribution >= 0.6 is 0 Å². The van der Waals surface area contributed by atoms with E-state index in [9.17, 15) is 15.0 Å². The van der Waals surface area contributed by atoms with Crippen LogP contribution in [0, 0.1) is 10.8 Å². The van der Waals surface area contributed by atoms with Crippen molar-refractivity contribution in [2.45, 2.75) is 45.3 Å². The van der Waals surface area contributed by atoms with Gasteiger partial charge in [0, 0.05) is 21.3 Å². The Morgan fingerprint density at radius 3 is 2.57 bits per heavy atom. The minimum absolute atomic E-state index is 0.223. The first-order chi connectivity index (χ1) is 9.75. The molecule has 0 aromatic carbocycles. The number of hydrogen-bond donors (Lipinski definition) is 2. The van der Waals surface area contributed by atoms with Crippen molar-refractivity contribution in [2.75, 3.05) is 6.61 Å². The zero-order valence-corrected chi connectivity index (χ0v) is 12.4. The summed E-state index contributed by atoms with van der Waals surface area (Å²) in [6, 6.07) is -0.597. The number of azide groups is 1. The van der Waals surface area contributed by atoms with Gasteiger partial charge in [0.25, 0.3) is 0 Å². The lowest BCUT2D eigenvalue weighted by molar-refractivity contribution is -0.137. The smallest absolute Gasteiger partial charge is 0.194 e. The Labute approximate surface area is 122 Å². The molecule has 3 rings (SSSR count). The average Bonchev–Trinajstić information content (AvgIpc) is 3.20. The van der Waals surface area contributed by atoms with Crippen LogP contribution in [-0.4, -0.2) is 34.2 Å². The van der Waals surface area contributed by atoms with E-state index in [0.29, 0.717) is 11.1 Å². The summed E-state index contributed by atoms with van der Waals surface area (Å²) in [5, 5.41) is 24.2. The number of rotatable bonds is 2. The normalized spacial score (nSPS) is 40.0.